The smallest absolute Gasteiger partial charge is 0.211 e. The molecule has 2 aromatic carbocycles. The third kappa shape index (κ3) is 4.58. The second-order valence-electron chi connectivity index (χ2n) is 5.78. The monoisotopic (exact) mass is 332 g/mol. The topological polar surface area (TPSA) is 78.0 Å². The van der Waals surface area contributed by atoms with E-state index in [2.05, 4.69) is 37.3 Å². The highest BCUT2D eigenvalue weighted by Gasteiger charge is 2.02. The Bertz CT molecular complexity index is 919. The third-order valence-electron chi connectivity index (χ3n) is 3.82. The van der Waals surface area contributed by atoms with Gasteiger partial charge in [-0.15, -0.1) is 4.99 Å². The van der Waals surface area contributed by atoms with Crippen LogP contribution in [-0.4, -0.2) is 22.1 Å². The zero-order valence-electron chi connectivity index (χ0n) is 14.1. The van der Waals surface area contributed by atoms with Crippen LogP contribution in [0.4, 0.5) is 5.69 Å². The fourth-order valence-electron chi connectivity index (χ4n) is 2.63. The number of nitriles is 1. The highest BCUT2D eigenvalue weighted by atomic mass is 15.2. The van der Waals surface area contributed by atoms with E-state index in [0.717, 1.165) is 29.7 Å². The van der Waals surface area contributed by atoms with Crippen LogP contribution in [0.25, 0.3) is 10.8 Å². The molecule has 0 saturated heterocycles. The summed E-state index contributed by atoms with van der Waals surface area (Å²) in [5, 5.41) is 17.6. The molecule has 1 aromatic heterocycles. The Labute approximate surface area is 146 Å². The SMILES string of the molecule is Cc1cn(CCCN/C(=N/C#N)Nc2ccc3ccccc3c2)cn1. The van der Waals surface area contributed by atoms with E-state index in [1.807, 2.05) is 56.0 Å². The highest BCUT2D eigenvalue weighted by Crippen LogP contribution is 2.18. The van der Waals surface area contributed by atoms with Gasteiger partial charge in [-0.2, -0.15) is 5.26 Å². The van der Waals surface area contributed by atoms with Crippen molar-refractivity contribution in [1.29, 1.82) is 5.26 Å². The zero-order chi connectivity index (χ0) is 17.5. The van der Waals surface area contributed by atoms with E-state index in [4.69, 9.17) is 5.26 Å². The minimum Gasteiger partial charge on any atom is -0.355 e. The number of nitrogens with one attached hydrogen (secondary N) is 2. The number of hydrogen-bond donors (Lipinski definition) is 2. The van der Waals surface area contributed by atoms with Crippen LogP contribution in [-0.2, 0) is 6.54 Å². The predicted molar refractivity (Wildman–Crippen MR) is 100 cm³/mol. The van der Waals surface area contributed by atoms with Crippen LogP contribution in [0.5, 0.6) is 0 Å². The van der Waals surface area contributed by atoms with Crippen molar-refractivity contribution in [2.75, 3.05) is 11.9 Å². The first kappa shape index (κ1) is 16.5. The molecule has 0 unspecified atom stereocenters. The number of fused-ring (bicyclic) bond motifs is 1. The largest absolute Gasteiger partial charge is 0.355 e. The molecule has 0 amide bonds. The van der Waals surface area contributed by atoms with Gasteiger partial charge in [0.1, 0.15) is 0 Å². The summed E-state index contributed by atoms with van der Waals surface area (Å²) < 4.78 is 2.05. The quantitative estimate of drug-likeness (QED) is 0.325. The lowest BCUT2D eigenvalue weighted by Gasteiger charge is -2.12. The highest BCUT2D eigenvalue weighted by molar-refractivity contribution is 5.96. The van der Waals surface area contributed by atoms with Crippen LogP contribution >= 0.6 is 0 Å². The van der Waals surface area contributed by atoms with Gasteiger partial charge < -0.3 is 15.2 Å². The molecule has 1 heterocycles. The molecule has 0 atom stereocenters. The summed E-state index contributed by atoms with van der Waals surface area (Å²) in [6.07, 6.45) is 6.58. The summed E-state index contributed by atoms with van der Waals surface area (Å²) in [6.45, 7) is 3.54. The molecule has 0 aliphatic carbocycles. The molecule has 6 heteroatoms. The van der Waals surface area contributed by atoms with Gasteiger partial charge in [0.25, 0.3) is 0 Å². The number of aliphatic imine (C=N–C) groups is 1. The lowest BCUT2D eigenvalue weighted by molar-refractivity contribution is 0.630. The van der Waals surface area contributed by atoms with Crippen molar-refractivity contribution in [2.24, 2.45) is 4.99 Å². The Morgan fingerprint density at radius 3 is 2.84 bits per heavy atom. The van der Waals surface area contributed by atoms with Crippen molar-refractivity contribution < 1.29 is 0 Å². The molecular formula is C19H20N6. The first-order chi connectivity index (χ1) is 12.2. The average Bonchev–Trinajstić information content (AvgIpc) is 3.04. The number of imidazole rings is 1. The third-order valence-corrected chi connectivity index (χ3v) is 3.82. The summed E-state index contributed by atoms with van der Waals surface area (Å²) in [7, 11) is 0. The molecular weight excluding hydrogens is 312 g/mol. The van der Waals surface area contributed by atoms with E-state index >= 15 is 0 Å². The van der Waals surface area contributed by atoms with Crippen molar-refractivity contribution in [3.63, 3.8) is 0 Å². The molecule has 0 aliphatic rings. The van der Waals surface area contributed by atoms with Crippen LogP contribution in [0.15, 0.2) is 60.0 Å². The van der Waals surface area contributed by atoms with Gasteiger partial charge in [-0.25, -0.2) is 4.98 Å². The minimum absolute atomic E-state index is 0.458. The molecule has 0 spiro atoms. The lowest BCUT2D eigenvalue weighted by atomic mass is 10.1. The number of hydrogen-bond acceptors (Lipinski definition) is 3. The maximum Gasteiger partial charge on any atom is 0.211 e. The molecule has 6 nitrogen and oxygen atoms in total. The summed E-state index contributed by atoms with van der Waals surface area (Å²) in [5.41, 5.74) is 1.91. The maximum absolute atomic E-state index is 8.89. The fourth-order valence-corrected chi connectivity index (χ4v) is 2.63. The van der Waals surface area contributed by atoms with Crippen molar-refractivity contribution in [3.05, 3.63) is 60.7 Å². The van der Waals surface area contributed by atoms with Crippen LogP contribution in [0.3, 0.4) is 0 Å². The van der Waals surface area contributed by atoms with Gasteiger partial charge in [0.15, 0.2) is 0 Å². The normalized spacial score (nSPS) is 11.3. The molecule has 0 radical (unpaired) electrons. The molecule has 0 aliphatic heterocycles. The second-order valence-corrected chi connectivity index (χ2v) is 5.78. The van der Waals surface area contributed by atoms with Crippen LogP contribution in [0, 0.1) is 18.4 Å². The minimum atomic E-state index is 0.458. The predicted octanol–water partition coefficient (Wildman–Crippen LogP) is 3.27. The van der Waals surface area contributed by atoms with Gasteiger partial charge in [0.2, 0.25) is 12.2 Å². The zero-order valence-corrected chi connectivity index (χ0v) is 14.1. The lowest BCUT2D eigenvalue weighted by Crippen LogP contribution is -2.31. The van der Waals surface area contributed by atoms with Gasteiger partial charge in [-0.1, -0.05) is 30.3 Å². The molecule has 0 bridgehead atoms. The van der Waals surface area contributed by atoms with Gasteiger partial charge in [-0.05, 0) is 36.2 Å². The molecule has 0 fully saturated rings. The van der Waals surface area contributed by atoms with Crippen LogP contribution in [0.2, 0.25) is 0 Å². The van der Waals surface area contributed by atoms with Crippen LogP contribution < -0.4 is 10.6 Å². The number of guanidine groups is 1. The van der Waals surface area contributed by atoms with Crippen molar-refractivity contribution in [1.82, 2.24) is 14.9 Å². The summed E-state index contributed by atoms with van der Waals surface area (Å²) in [6, 6.07) is 14.2. The summed E-state index contributed by atoms with van der Waals surface area (Å²) >= 11 is 0. The molecule has 25 heavy (non-hydrogen) atoms. The number of anilines is 1. The standard InChI is InChI=1S/C19H20N6/c1-15-12-25(14-23-15)10-4-9-21-19(22-13-20)24-18-8-7-16-5-2-3-6-17(16)11-18/h2-3,5-8,11-12,14H,4,9-10H2,1H3,(H2,21,22,24). The Hall–Kier alpha value is -3.33. The number of aryl methyl sites for hydroxylation is 2. The second kappa shape index (κ2) is 7.97. The van der Waals surface area contributed by atoms with Gasteiger partial charge in [0.05, 0.1) is 12.0 Å². The van der Waals surface area contributed by atoms with E-state index in [-0.39, 0.29) is 0 Å². The first-order valence-electron chi connectivity index (χ1n) is 8.19. The van der Waals surface area contributed by atoms with Gasteiger partial charge in [-0.3, -0.25) is 0 Å². The van der Waals surface area contributed by atoms with E-state index in [1.54, 1.807) is 0 Å². The Morgan fingerprint density at radius 1 is 1.24 bits per heavy atom. The number of aromatic nitrogens is 2. The fraction of sp³-hybridized carbons (Fsp3) is 0.211. The Morgan fingerprint density at radius 2 is 2.08 bits per heavy atom. The average molecular weight is 332 g/mol. The van der Waals surface area contributed by atoms with Gasteiger partial charge in [0, 0.05) is 25.0 Å². The van der Waals surface area contributed by atoms with Gasteiger partial charge >= 0.3 is 0 Å². The molecule has 126 valence electrons. The van der Waals surface area contributed by atoms with E-state index in [0.29, 0.717) is 12.5 Å². The molecule has 0 saturated carbocycles. The van der Waals surface area contributed by atoms with E-state index < -0.39 is 0 Å². The summed E-state index contributed by atoms with van der Waals surface area (Å²) in [4.78, 5) is 8.03. The number of benzene rings is 2. The Kier molecular flexibility index (Phi) is 5.27. The first-order valence-corrected chi connectivity index (χ1v) is 8.19. The van der Waals surface area contributed by atoms with Crippen molar-refractivity contribution in [2.45, 2.75) is 19.9 Å². The van der Waals surface area contributed by atoms with Crippen LogP contribution in [0.1, 0.15) is 12.1 Å². The Balaban J connectivity index is 1.57. The summed E-state index contributed by atoms with van der Waals surface area (Å²) in [5.74, 6) is 0.458. The van der Waals surface area contributed by atoms with E-state index in [1.165, 1.54) is 5.39 Å². The molecule has 2 N–H and O–H groups in total. The van der Waals surface area contributed by atoms with E-state index in [9.17, 15) is 0 Å². The number of rotatable bonds is 5. The molecule has 3 aromatic rings. The van der Waals surface area contributed by atoms with Crippen molar-refractivity contribution >= 4 is 22.4 Å². The number of nitrogens with zero attached hydrogens (tertiary/aromatic N) is 4. The maximum atomic E-state index is 8.89. The van der Waals surface area contributed by atoms with Crippen molar-refractivity contribution in [3.8, 4) is 6.19 Å². The molecule has 3 rings (SSSR count).